The molecule has 0 atom stereocenters. The fourth-order valence-corrected chi connectivity index (χ4v) is 6.40. The van der Waals surface area contributed by atoms with Gasteiger partial charge in [0, 0.05) is 0 Å². The number of phenolic OH excluding ortho intramolecular Hbond substituents is 1. The number of phenols is 1. The standard InChI is InChI=1S/C19H23F10NOSi.2ClH.Zr/c1-14(2,3)10-8-7-9-11(12(10)31)32(5,6)30(4)13-15(20,21)17(24,25)19(28,29)18(26,27)16(13,22)23;;;/h7-9,13,31H,1-6H3;2*1H;/q;;;+2/p-2. The van der Waals surface area contributed by atoms with Crippen LogP contribution < -0.4 is 5.19 Å². The van der Waals surface area contributed by atoms with Gasteiger partial charge < -0.3 is 9.67 Å². The second kappa shape index (κ2) is 9.93. The Morgan fingerprint density at radius 3 is 1.57 bits per heavy atom. The third-order valence-corrected chi connectivity index (χ3v) is 9.83. The molecule has 1 fully saturated rings. The second-order valence-corrected chi connectivity index (χ2v) is 17.7. The molecule has 2 nitrogen and oxygen atoms in total. The number of para-hydroxylation sites is 1. The fourth-order valence-electron chi connectivity index (χ4n) is 3.83. The number of rotatable bonds is 3. The van der Waals surface area contributed by atoms with Crippen LogP contribution >= 0.6 is 17.0 Å². The van der Waals surface area contributed by atoms with E-state index < -0.39 is 75.9 Å². The fraction of sp³-hybridized carbons (Fsp3) is 0.684. The van der Waals surface area contributed by atoms with Crippen LogP contribution in [0.4, 0.5) is 43.9 Å². The minimum absolute atomic E-state index is 0.0778. The van der Waals surface area contributed by atoms with E-state index in [1.54, 1.807) is 20.8 Å². The van der Waals surface area contributed by atoms with Crippen molar-refractivity contribution in [1.82, 2.24) is 4.57 Å². The van der Waals surface area contributed by atoms with Crippen molar-refractivity contribution in [2.45, 2.75) is 74.9 Å². The van der Waals surface area contributed by atoms with Crippen LogP contribution in [0.15, 0.2) is 18.2 Å². The van der Waals surface area contributed by atoms with Crippen LogP contribution in [-0.4, -0.2) is 60.6 Å². The number of alkyl halides is 10. The Bertz CT molecular complexity index is 897. The van der Waals surface area contributed by atoms with Gasteiger partial charge in [0.05, 0.1) is 0 Å². The molecular formula is C19H23Cl2F10NOSiZr. The number of hydrogen-bond donors (Lipinski definition) is 1. The zero-order valence-electron chi connectivity index (χ0n) is 19.2. The van der Waals surface area contributed by atoms with Gasteiger partial charge >= 0.3 is 67.5 Å². The quantitative estimate of drug-likeness (QED) is 0.280. The summed E-state index contributed by atoms with van der Waals surface area (Å²) in [5.41, 5.74) is -0.461. The molecule has 2 rings (SSSR count). The van der Waals surface area contributed by atoms with E-state index in [1.807, 2.05) is 0 Å². The molecule has 35 heavy (non-hydrogen) atoms. The SMILES string of the molecule is CN(C1C(F)(F)C(F)(F)C(F)(F)C(F)(F)C1(F)F)[Si](C)(C)c1cccc(C(C)(C)C)c1O.[Cl][Zr][Cl]. The molecule has 0 bridgehead atoms. The number of hydrogen-bond acceptors (Lipinski definition) is 2. The van der Waals surface area contributed by atoms with Crippen molar-refractivity contribution < 1.29 is 69.9 Å². The maximum absolute atomic E-state index is 14.5. The molecule has 0 aromatic heterocycles. The van der Waals surface area contributed by atoms with Crippen LogP contribution in [0.2, 0.25) is 13.1 Å². The Labute approximate surface area is 215 Å². The van der Waals surface area contributed by atoms with Gasteiger partial charge in [-0.1, -0.05) is 52.1 Å². The molecule has 0 saturated heterocycles. The maximum atomic E-state index is 14.5. The molecule has 1 N–H and O–H groups in total. The molecule has 1 saturated carbocycles. The Hall–Kier alpha value is -0.0400. The summed E-state index contributed by atoms with van der Waals surface area (Å²) in [7, 11) is 6.28. The van der Waals surface area contributed by atoms with E-state index in [9.17, 15) is 49.0 Å². The normalized spacial score (nSPS) is 22.8. The van der Waals surface area contributed by atoms with Crippen molar-refractivity contribution in [3.8, 4) is 5.75 Å². The molecule has 1 aromatic carbocycles. The van der Waals surface area contributed by atoms with Gasteiger partial charge in [0.2, 0.25) is 0 Å². The van der Waals surface area contributed by atoms with Crippen LogP contribution in [0.1, 0.15) is 26.3 Å². The summed E-state index contributed by atoms with van der Waals surface area (Å²) >= 11 is -0.826. The number of aromatic hydroxyl groups is 1. The van der Waals surface area contributed by atoms with Crippen molar-refractivity contribution in [1.29, 1.82) is 0 Å². The van der Waals surface area contributed by atoms with Crippen molar-refractivity contribution >= 4 is 30.4 Å². The monoisotopic (exact) mass is 659 g/mol. The second-order valence-electron chi connectivity index (χ2n) is 9.56. The van der Waals surface area contributed by atoms with Gasteiger partial charge in [-0.2, -0.15) is 43.9 Å². The van der Waals surface area contributed by atoms with Gasteiger partial charge in [0.25, 0.3) is 0 Å². The Morgan fingerprint density at radius 2 is 1.23 bits per heavy atom. The van der Waals surface area contributed by atoms with Crippen molar-refractivity contribution in [3.05, 3.63) is 23.8 Å². The molecular weight excluding hydrogens is 638 g/mol. The van der Waals surface area contributed by atoms with E-state index in [1.165, 1.54) is 12.1 Å². The summed E-state index contributed by atoms with van der Waals surface area (Å²) in [5, 5.41) is 10.5. The van der Waals surface area contributed by atoms with Crippen LogP contribution in [0, 0.1) is 0 Å². The van der Waals surface area contributed by atoms with Gasteiger partial charge in [-0.15, -0.1) is 0 Å². The average molecular weight is 662 g/mol. The van der Waals surface area contributed by atoms with E-state index in [0.717, 1.165) is 19.2 Å². The summed E-state index contributed by atoms with van der Waals surface area (Å²) < 4.78 is 141. The first-order valence-corrected chi connectivity index (χ1v) is 19.0. The summed E-state index contributed by atoms with van der Waals surface area (Å²) in [6, 6.07) is -0.306. The molecule has 1 aromatic rings. The first-order chi connectivity index (χ1) is 15.3. The summed E-state index contributed by atoms with van der Waals surface area (Å²) in [4.78, 5) is 0. The Balaban J connectivity index is 0.00000194. The average Bonchev–Trinajstić information content (AvgIpc) is 2.65. The predicted molar refractivity (Wildman–Crippen MR) is 112 cm³/mol. The molecule has 0 amide bonds. The van der Waals surface area contributed by atoms with Crippen molar-refractivity contribution in [3.63, 3.8) is 0 Å². The van der Waals surface area contributed by atoms with E-state index in [-0.39, 0.29) is 15.3 Å². The van der Waals surface area contributed by atoms with Crippen LogP contribution in [0.3, 0.4) is 0 Å². The van der Waals surface area contributed by atoms with Gasteiger partial charge in [-0.3, -0.25) is 0 Å². The first kappa shape index (κ1) is 33.0. The Kier molecular flexibility index (Phi) is 9.36. The van der Waals surface area contributed by atoms with Gasteiger partial charge in [0.1, 0.15) is 11.8 Å². The molecule has 0 heterocycles. The van der Waals surface area contributed by atoms with Crippen LogP contribution in [-0.2, 0) is 26.3 Å². The van der Waals surface area contributed by atoms with E-state index in [2.05, 4.69) is 0 Å². The Morgan fingerprint density at radius 1 is 0.857 bits per heavy atom. The van der Waals surface area contributed by atoms with Crippen LogP contribution in [0.25, 0.3) is 0 Å². The zero-order chi connectivity index (χ0) is 28.2. The molecule has 0 unspecified atom stereocenters. The number of halogens is 12. The van der Waals surface area contributed by atoms with Crippen molar-refractivity contribution in [2.75, 3.05) is 7.05 Å². The molecule has 0 aliphatic heterocycles. The van der Waals surface area contributed by atoms with Crippen molar-refractivity contribution in [2.24, 2.45) is 0 Å². The minimum atomic E-state index is -7.01. The van der Waals surface area contributed by atoms with Gasteiger partial charge in [0.15, 0.2) is 8.24 Å². The van der Waals surface area contributed by atoms with Crippen LogP contribution in [0.5, 0.6) is 5.75 Å². The molecule has 0 radical (unpaired) electrons. The topological polar surface area (TPSA) is 23.5 Å². The third-order valence-electron chi connectivity index (χ3n) is 6.08. The van der Waals surface area contributed by atoms with Gasteiger partial charge in [-0.25, -0.2) is 0 Å². The predicted octanol–water partition coefficient (Wildman–Crippen LogP) is 6.97. The molecule has 1 aliphatic carbocycles. The number of nitrogens with zero attached hydrogens (tertiary/aromatic N) is 1. The number of benzene rings is 1. The zero-order valence-corrected chi connectivity index (χ0v) is 24.2. The molecule has 16 heteroatoms. The van der Waals surface area contributed by atoms with E-state index in [4.69, 9.17) is 17.0 Å². The summed E-state index contributed by atoms with van der Waals surface area (Å²) in [5.74, 6) is -33.5. The summed E-state index contributed by atoms with van der Waals surface area (Å²) in [6.07, 6.45) is 0. The molecule has 202 valence electrons. The third kappa shape index (κ3) is 4.92. The van der Waals surface area contributed by atoms with E-state index in [0.29, 0.717) is 7.05 Å². The van der Waals surface area contributed by atoms with E-state index >= 15 is 0 Å². The molecule has 1 aliphatic rings. The van der Waals surface area contributed by atoms with Gasteiger partial charge in [-0.05, 0) is 23.2 Å². The molecule has 0 spiro atoms. The summed E-state index contributed by atoms with van der Waals surface area (Å²) in [6.45, 7) is 7.14. The first-order valence-electron chi connectivity index (χ1n) is 9.74.